The number of hydrogen-bond acceptors (Lipinski definition) is 3. The van der Waals surface area contributed by atoms with Crippen LogP contribution in [0.4, 0.5) is 5.69 Å². The van der Waals surface area contributed by atoms with Gasteiger partial charge in [0.15, 0.2) is 0 Å². The molecule has 0 spiro atoms. The highest BCUT2D eigenvalue weighted by molar-refractivity contribution is 5.49. The van der Waals surface area contributed by atoms with Gasteiger partial charge >= 0.3 is 0 Å². The fourth-order valence-electron chi connectivity index (χ4n) is 2.69. The van der Waals surface area contributed by atoms with Crippen LogP contribution in [0.2, 0.25) is 0 Å². The van der Waals surface area contributed by atoms with Crippen molar-refractivity contribution in [3.63, 3.8) is 0 Å². The Bertz CT molecular complexity index is 381. The van der Waals surface area contributed by atoms with Gasteiger partial charge in [-0.3, -0.25) is 0 Å². The maximum absolute atomic E-state index is 9.24. The van der Waals surface area contributed by atoms with E-state index in [1.54, 1.807) is 0 Å². The van der Waals surface area contributed by atoms with Gasteiger partial charge in [0.25, 0.3) is 0 Å². The molecule has 0 aromatic heterocycles. The molecule has 2 unspecified atom stereocenters. The molecule has 1 aliphatic heterocycles. The van der Waals surface area contributed by atoms with Crippen LogP contribution in [0.5, 0.6) is 0 Å². The third kappa shape index (κ3) is 3.24. The summed E-state index contributed by atoms with van der Waals surface area (Å²) in [7, 11) is 0. The van der Waals surface area contributed by atoms with E-state index in [1.165, 1.54) is 11.3 Å². The second kappa shape index (κ2) is 6.21. The van der Waals surface area contributed by atoms with E-state index in [2.05, 4.69) is 48.3 Å². The van der Waals surface area contributed by atoms with Crippen molar-refractivity contribution in [3.8, 4) is 0 Å². The lowest BCUT2D eigenvalue weighted by Crippen LogP contribution is -2.41. The number of nitrogens with zero attached hydrogens (tertiary/aromatic N) is 1. The van der Waals surface area contributed by atoms with Gasteiger partial charge in [-0.1, -0.05) is 19.1 Å². The van der Waals surface area contributed by atoms with E-state index in [1.807, 2.05) is 0 Å². The molecular formula is C15H24N2O. The van der Waals surface area contributed by atoms with Crippen molar-refractivity contribution < 1.29 is 5.11 Å². The molecule has 2 N–H and O–H groups in total. The lowest BCUT2D eigenvalue weighted by molar-refractivity contribution is 0.272. The Morgan fingerprint density at radius 1 is 1.39 bits per heavy atom. The molecule has 100 valence electrons. The molecule has 0 radical (unpaired) electrons. The van der Waals surface area contributed by atoms with Crippen LogP contribution >= 0.6 is 0 Å². The summed E-state index contributed by atoms with van der Waals surface area (Å²) in [6, 6.07) is 9.05. The third-order valence-corrected chi connectivity index (χ3v) is 3.62. The van der Waals surface area contributed by atoms with E-state index in [4.69, 9.17) is 0 Å². The molecule has 3 nitrogen and oxygen atoms in total. The molecule has 0 bridgehead atoms. The zero-order chi connectivity index (χ0) is 13.0. The molecule has 0 saturated carbocycles. The van der Waals surface area contributed by atoms with Gasteiger partial charge in [-0.15, -0.1) is 0 Å². The first kappa shape index (κ1) is 13.4. The van der Waals surface area contributed by atoms with Crippen molar-refractivity contribution in [1.29, 1.82) is 0 Å². The minimum Gasteiger partial charge on any atom is -0.396 e. The highest BCUT2D eigenvalue weighted by atomic mass is 16.3. The zero-order valence-electron chi connectivity index (χ0n) is 11.4. The third-order valence-electron chi connectivity index (χ3n) is 3.62. The number of aliphatic hydroxyl groups is 1. The average molecular weight is 248 g/mol. The van der Waals surface area contributed by atoms with E-state index in [9.17, 15) is 5.11 Å². The molecule has 3 heteroatoms. The van der Waals surface area contributed by atoms with Crippen LogP contribution < -0.4 is 10.2 Å². The van der Waals surface area contributed by atoms with Crippen molar-refractivity contribution in [1.82, 2.24) is 5.32 Å². The lowest BCUT2D eigenvalue weighted by Gasteiger charge is -2.33. The Morgan fingerprint density at radius 3 is 2.94 bits per heavy atom. The van der Waals surface area contributed by atoms with Crippen LogP contribution in [0, 0.1) is 12.8 Å². The summed E-state index contributed by atoms with van der Waals surface area (Å²) >= 11 is 0. The predicted molar refractivity (Wildman–Crippen MR) is 76.0 cm³/mol. The number of rotatable bonds is 3. The summed E-state index contributed by atoms with van der Waals surface area (Å²) in [5.41, 5.74) is 2.57. The Balaban J connectivity index is 2.23. The van der Waals surface area contributed by atoms with Crippen molar-refractivity contribution in [2.45, 2.75) is 26.3 Å². The summed E-state index contributed by atoms with van der Waals surface area (Å²) < 4.78 is 0. The summed E-state index contributed by atoms with van der Waals surface area (Å²) in [5.74, 6) is 0.634. The van der Waals surface area contributed by atoms with Gasteiger partial charge in [0.1, 0.15) is 0 Å². The van der Waals surface area contributed by atoms with E-state index in [0.29, 0.717) is 12.0 Å². The Labute approximate surface area is 110 Å². The van der Waals surface area contributed by atoms with Gasteiger partial charge in [0.05, 0.1) is 0 Å². The SMILES string of the molecule is Cc1cccc(N2CC(C)CNCC2CCO)c1. The average Bonchev–Trinajstić information content (AvgIpc) is 2.52. The topological polar surface area (TPSA) is 35.5 Å². The highest BCUT2D eigenvalue weighted by Gasteiger charge is 2.23. The Morgan fingerprint density at radius 2 is 2.22 bits per heavy atom. The molecule has 1 fully saturated rings. The summed E-state index contributed by atoms with van der Waals surface area (Å²) in [4.78, 5) is 2.45. The molecule has 1 saturated heterocycles. The summed E-state index contributed by atoms with van der Waals surface area (Å²) in [5, 5.41) is 12.7. The number of anilines is 1. The number of nitrogens with one attached hydrogen (secondary N) is 1. The normalized spacial score (nSPS) is 24.9. The summed E-state index contributed by atoms with van der Waals surface area (Å²) in [6.07, 6.45) is 0.827. The first-order chi connectivity index (χ1) is 8.70. The number of aryl methyl sites for hydroxylation is 1. The van der Waals surface area contributed by atoms with Crippen LogP contribution in [0.1, 0.15) is 18.9 Å². The van der Waals surface area contributed by atoms with E-state index >= 15 is 0 Å². The molecule has 0 aliphatic carbocycles. The largest absolute Gasteiger partial charge is 0.396 e. The van der Waals surface area contributed by atoms with Crippen LogP contribution in [0.3, 0.4) is 0 Å². The molecule has 2 rings (SSSR count). The van der Waals surface area contributed by atoms with E-state index in [0.717, 1.165) is 26.1 Å². The second-order valence-corrected chi connectivity index (χ2v) is 5.42. The standard InChI is InChI=1S/C15H24N2O/c1-12-4-3-5-14(8-12)17-11-13(2)9-16-10-15(17)6-7-18/h3-5,8,13,15-16,18H,6-7,9-11H2,1-2H3. The molecule has 2 atom stereocenters. The van der Waals surface area contributed by atoms with Gasteiger partial charge in [0, 0.05) is 31.4 Å². The van der Waals surface area contributed by atoms with Crippen molar-refractivity contribution >= 4 is 5.69 Å². The number of aliphatic hydroxyl groups excluding tert-OH is 1. The Hall–Kier alpha value is -1.06. The Kier molecular flexibility index (Phi) is 4.61. The fraction of sp³-hybridized carbons (Fsp3) is 0.600. The minimum absolute atomic E-state index is 0.253. The van der Waals surface area contributed by atoms with Crippen molar-refractivity contribution in [2.24, 2.45) is 5.92 Å². The van der Waals surface area contributed by atoms with Gasteiger partial charge in [-0.25, -0.2) is 0 Å². The van der Waals surface area contributed by atoms with Crippen LogP contribution in [0.25, 0.3) is 0 Å². The molecule has 0 amide bonds. The monoisotopic (exact) mass is 248 g/mol. The van der Waals surface area contributed by atoms with E-state index < -0.39 is 0 Å². The predicted octanol–water partition coefficient (Wildman–Crippen LogP) is 1.79. The van der Waals surface area contributed by atoms with Gasteiger partial charge < -0.3 is 15.3 Å². The zero-order valence-corrected chi connectivity index (χ0v) is 11.4. The maximum atomic E-state index is 9.24. The number of hydrogen-bond donors (Lipinski definition) is 2. The first-order valence-corrected chi connectivity index (χ1v) is 6.85. The molecule has 1 aromatic rings. The smallest absolute Gasteiger partial charge is 0.0451 e. The molecule has 1 aromatic carbocycles. The van der Waals surface area contributed by atoms with Crippen molar-refractivity contribution in [2.75, 3.05) is 31.1 Å². The second-order valence-electron chi connectivity index (χ2n) is 5.42. The van der Waals surface area contributed by atoms with E-state index in [-0.39, 0.29) is 6.61 Å². The van der Waals surface area contributed by atoms with Gasteiger partial charge in [-0.05, 0) is 43.5 Å². The summed E-state index contributed by atoms with van der Waals surface area (Å²) in [6.45, 7) is 7.73. The maximum Gasteiger partial charge on any atom is 0.0451 e. The van der Waals surface area contributed by atoms with Crippen molar-refractivity contribution in [3.05, 3.63) is 29.8 Å². The minimum atomic E-state index is 0.253. The molecule has 1 heterocycles. The van der Waals surface area contributed by atoms with Crippen LogP contribution in [-0.4, -0.2) is 37.4 Å². The van der Waals surface area contributed by atoms with Gasteiger partial charge in [-0.2, -0.15) is 0 Å². The lowest BCUT2D eigenvalue weighted by atomic mass is 10.1. The number of benzene rings is 1. The first-order valence-electron chi connectivity index (χ1n) is 6.85. The molecular weight excluding hydrogens is 224 g/mol. The quantitative estimate of drug-likeness (QED) is 0.856. The van der Waals surface area contributed by atoms with Gasteiger partial charge in [0.2, 0.25) is 0 Å². The fourth-order valence-corrected chi connectivity index (χ4v) is 2.69. The molecule has 1 aliphatic rings. The highest BCUT2D eigenvalue weighted by Crippen LogP contribution is 2.22. The van der Waals surface area contributed by atoms with Crippen LogP contribution in [-0.2, 0) is 0 Å². The molecule has 18 heavy (non-hydrogen) atoms. The van der Waals surface area contributed by atoms with Crippen LogP contribution in [0.15, 0.2) is 24.3 Å².